The van der Waals surface area contributed by atoms with Gasteiger partial charge in [0.1, 0.15) is 17.4 Å². The fraction of sp³-hybridized carbons (Fsp3) is 0.182. The summed E-state index contributed by atoms with van der Waals surface area (Å²) in [5, 5.41) is 17.2. The Morgan fingerprint density at radius 1 is 1.21 bits per heavy atom. The van der Waals surface area contributed by atoms with Crippen molar-refractivity contribution < 1.29 is 9.47 Å². The minimum absolute atomic E-state index is 0.0632. The fourth-order valence-corrected chi connectivity index (χ4v) is 3.50. The van der Waals surface area contributed by atoms with Gasteiger partial charge in [0.25, 0.3) is 0 Å². The van der Waals surface area contributed by atoms with Crippen LogP contribution >= 0.6 is 0 Å². The molecular formula is C22H20N4O2. The van der Waals surface area contributed by atoms with Crippen LogP contribution in [0.2, 0.25) is 0 Å². The lowest BCUT2D eigenvalue weighted by Crippen LogP contribution is -2.21. The Hall–Kier alpha value is -3.72. The number of para-hydroxylation sites is 1. The topological polar surface area (TPSA) is 96.9 Å². The van der Waals surface area contributed by atoms with Gasteiger partial charge in [-0.15, -0.1) is 5.10 Å². The van der Waals surface area contributed by atoms with Crippen molar-refractivity contribution in [2.75, 3.05) is 6.61 Å². The molecule has 2 heterocycles. The van der Waals surface area contributed by atoms with Crippen LogP contribution < -0.4 is 15.2 Å². The molecule has 4 rings (SSSR count). The number of nitrogens with zero attached hydrogens (tertiary/aromatic N) is 2. The first-order valence-electron chi connectivity index (χ1n) is 9.08. The summed E-state index contributed by atoms with van der Waals surface area (Å²) < 4.78 is 11.5. The molecule has 0 spiro atoms. The fourth-order valence-electron chi connectivity index (χ4n) is 3.50. The van der Waals surface area contributed by atoms with Crippen molar-refractivity contribution in [3.05, 3.63) is 76.7 Å². The standard InChI is InChI=1S/C22H20N4O2/c1-3-27-17-7-5-4-6-15(17)18-16(12-23)21(24)28-22-19(18)20(25-26-22)14-10-8-13(2)9-11-14/h4-11,18H,3,24H2,1-2H3,(H,25,26)/t18-/m1/s1. The van der Waals surface area contributed by atoms with Gasteiger partial charge in [0.2, 0.25) is 11.8 Å². The average molecular weight is 372 g/mol. The van der Waals surface area contributed by atoms with Crippen molar-refractivity contribution in [2.45, 2.75) is 19.8 Å². The Morgan fingerprint density at radius 2 is 1.96 bits per heavy atom. The number of ether oxygens (including phenoxy) is 2. The second kappa shape index (κ2) is 7.12. The van der Waals surface area contributed by atoms with Crippen LogP contribution in [-0.4, -0.2) is 16.8 Å². The van der Waals surface area contributed by atoms with Gasteiger partial charge < -0.3 is 15.2 Å². The van der Waals surface area contributed by atoms with Gasteiger partial charge in [-0.25, -0.2) is 0 Å². The molecule has 0 saturated carbocycles. The Balaban J connectivity index is 1.95. The van der Waals surface area contributed by atoms with Gasteiger partial charge in [0.15, 0.2) is 0 Å². The smallest absolute Gasteiger partial charge is 0.244 e. The number of aromatic amines is 1. The molecule has 0 fully saturated rings. The summed E-state index contributed by atoms with van der Waals surface area (Å²) in [6, 6.07) is 18.0. The van der Waals surface area contributed by atoms with Crippen LogP contribution in [0.3, 0.4) is 0 Å². The number of rotatable bonds is 4. The average Bonchev–Trinajstić information content (AvgIpc) is 3.11. The Morgan fingerprint density at radius 3 is 2.68 bits per heavy atom. The monoisotopic (exact) mass is 372 g/mol. The van der Waals surface area contributed by atoms with E-state index in [0.717, 1.165) is 27.9 Å². The van der Waals surface area contributed by atoms with Gasteiger partial charge in [0, 0.05) is 11.1 Å². The highest BCUT2D eigenvalue weighted by Gasteiger charge is 2.37. The third-order valence-electron chi connectivity index (χ3n) is 4.81. The van der Waals surface area contributed by atoms with Crippen LogP contribution in [0.4, 0.5) is 0 Å². The van der Waals surface area contributed by atoms with Crippen LogP contribution in [0.25, 0.3) is 11.3 Å². The minimum Gasteiger partial charge on any atom is -0.494 e. The molecule has 0 unspecified atom stereocenters. The third-order valence-corrected chi connectivity index (χ3v) is 4.81. The highest BCUT2D eigenvalue weighted by molar-refractivity contribution is 5.71. The molecule has 0 saturated heterocycles. The van der Waals surface area contributed by atoms with E-state index >= 15 is 0 Å². The van der Waals surface area contributed by atoms with Gasteiger partial charge >= 0.3 is 0 Å². The number of hydrogen-bond acceptors (Lipinski definition) is 5. The summed E-state index contributed by atoms with van der Waals surface area (Å²) in [7, 11) is 0. The predicted octanol–water partition coefficient (Wildman–Crippen LogP) is 4.00. The first-order valence-corrected chi connectivity index (χ1v) is 9.08. The van der Waals surface area contributed by atoms with Gasteiger partial charge in [-0.2, -0.15) is 5.26 Å². The summed E-state index contributed by atoms with van der Waals surface area (Å²) >= 11 is 0. The number of H-pyrrole nitrogens is 1. The largest absolute Gasteiger partial charge is 0.494 e. The second-order valence-corrected chi connectivity index (χ2v) is 6.58. The lowest BCUT2D eigenvalue weighted by Gasteiger charge is -2.25. The van der Waals surface area contributed by atoms with Gasteiger partial charge in [-0.05, 0) is 19.9 Å². The van der Waals surface area contributed by atoms with Crippen molar-refractivity contribution in [3.8, 4) is 29.0 Å². The lowest BCUT2D eigenvalue weighted by molar-refractivity contribution is 0.334. The van der Waals surface area contributed by atoms with Crippen molar-refractivity contribution in [3.63, 3.8) is 0 Å². The number of aromatic nitrogens is 2. The molecule has 3 N–H and O–H groups in total. The lowest BCUT2D eigenvalue weighted by atomic mass is 9.82. The van der Waals surface area contributed by atoms with Crippen molar-refractivity contribution in [1.82, 2.24) is 10.2 Å². The van der Waals surface area contributed by atoms with E-state index in [0.29, 0.717) is 23.8 Å². The maximum Gasteiger partial charge on any atom is 0.244 e. The number of hydrogen-bond donors (Lipinski definition) is 2. The van der Waals surface area contributed by atoms with E-state index in [1.165, 1.54) is 0 Å². The van der Waals surface area contributed by atoms with E-state index in [9.17, 15) is 5.26 Å². The van der Waals surface area contributed by atoms with Gasteiger partial charge in [-0.1, -0.05) is 48.0 Å². The molecule has 1 aliphatic heterocycles. The molecule has 3 aromatic rings. The third kappa shape index (κ3) is 2.87. The molecule has 28 heavy (non-hydrogen) atoms. The molecule has 2 aromatic carbocycles. The molecule has 6 nitrogen and oxygen atoms in total. The zero-order chi connectivity index (χ0) is 19.7. The van der Waals surface area contributed by atoms with Crippen LogP contribution in [0.15, 0.2) is 60.0 Å². The zero-order valence-electron chi connectivity index (χ0n) is 15.7. The first kappa shape index (κ1) is 17.7. The van der Waals surface area contributed by atoms with Crippen LogP contribution in [0.1, 0.15) is 29.5 Å². The number of nitrogens with two attached hydrogens (primary N) is 1. The molecular weight excluding hydrogens is 352 g/mol. The number of allylic oxidation sites excluding steroid dienone is 1. The van der Waals surface area contributed by atoms with Crippen LogP contribution in [0.5, 0.6) is 11.6 Å². The Kier molecular flexibility index (Phi) is 4.50. The summed E-state index contributed by atoms with van der Waals surface area (Å²) in [6.07, 6.45) is 0. The van der Waals surface area contributed by atoms with Crippen molar-refractivity contribution >= 4 is 0 Å². The molecule has 1 aliphatic rings. The highest BCUT2D eigenvalue weighted by atomic mass is 16.5. The summed E-state index contributed by atoms with van der Waals surface area (Å²) in [5.74, 6) is 0.711. The molecule has 0 bridgehead atoms. The quantitative estimate of drug-likeness (QED) is 0.721. The minimum atomic E-state index is -0.438. The van der Waals surface area contributed by atoms with E-state index in [1.54, 1.807) is 0 Å². The van der Waals surface area contributed by atoms with Crippen LogP contribution in [0, 0.1) is 18.3 Å². The number of nitrogens with one attached hydrogen (secondary N) is 1. The Bertz CT molecular complexity index is 1090. The molecule has 0 amide bonds. The van der Waals surface area contributed by atoms with Gasteiger partial charge in [0.05, 0.1) is 23.8 Å². The van der Waals surface area contributed by atoms with Gasteiger partial charge in [-0.3, -0.25) is 5.10 Å². The molecule has 1 atom stereocenters. The van der Waals surface area contributed by atoms with Crippen LogP contribution in [-0.2, 0) is 0 Å². The number of fused-ring (bicyclic) bond motifs is 1. The summed E-state index contributed by atoms with van der Waals surface area (Å²) in [6.45, 7) is 4.48. The maximum atomic E-state index is 9.84. The number of aryl methyl sites for hydroxylation is 1. The van der Waals surface area contributed by atoms with Crippen molar-refractivity contribution in [2.24, 2.45) is 5.73 Å². The SMILES string of the molecule is CCOc1ccccc1[C@@H]1C(C#N)=C(N)Oc2n[nH]c(-c3ccc(C)cc3)c21. The van der Waals surface area contributed by atoms with Crippen molar-refractivity contribution in [1.29, 1.82) is 5.26 Å². The second-order valence-electron chi connectivity index (χ2n) is 6.58. The molecule has 0 aliphatic carbocycles. The molecule has 140 valence electrons. The van der Waals surface area contributed by atoms with E-state index in [4.69, 9.17) is 15.2 Å². The molecule has 1 aromatic heterocycles. The van der Waals surface area contributed by atoms with E-state index in [-0.39, 0.29) is 5.88 Å². The zero-order valence-corrected chi connectivity index (χ0v) is 15.7. The van der Waals surface area contributed by atoms with E-state index < -0.39 is 5.92 Å². The normalized spacial score (nSPS) is 15.5. The predicted molar refractivity (Wildman–Crippen MR) is 106 cm³/mol. The first-order chi connectivity index (χ1) is 13.6. The summed E-state index contributed by atoms with van der Waals surface area (Å²) in [4.78, 5) is 0. The van der Waals surface area contributed by atoms with E-state index in [2.05, 4.69) is 16.3 Å². The maximum absolute atomic E-state index is 9.84. The molecule has 6 heteroatoms. The molecule has 0 radical (unpaired) electrons. The highest BCUT2D eigenvalue weighted by Crippen LogP contribution is 2.47. The number of benzene rings is 2. The summed E-state index contributed by atoms with van der Waals surface area (Å²) in [5.41, 5.74) is 11.0. The number of nitriles is 1. The Labute approximate surface area is 163 Å². The van der Waals surface area contributed by atoms with E-state index in [1.807, 2.05) is 62.4 Å².